The van der Waals surface area contributed by atoms with Gasteiger partial charge in [0.25, 0.3) is 0 Å². The third-order valence-corrected chi connectivity index (χ3v) is 2.55. The number of hydrogen-bond acceptors (Lipinski definition) is 1. The fourth-order valence-corrected chi connectivity index (χ4v) is 1.87. The third kappa shape index (κ3) is 1.42. The van der Waals surface area contributed by atoms with Crippen LogP contribution in [0.3, 0.4) is 0 Å². The zero-order valence-electron chi connectivity index (χ0n) is 7.60. The number of carbonyl (C=O) groups excluding carboxylic acids is 1. The van der Waals surface area contributed by atoms with Crippen molar-refractivity contribution in [1.82, 2.24) is 0 Å². The summed E-state index contributed by atoms with van der Waals surface area (Å²) in [5.74, 6) is 0.834. The first-order valence-corrected chi connectivity index (χ1v) is 4.53. The lowest BCUT2D eigenvalue weighted by molar-refractivity contribution is -0.114. The van der Waals surface area contributed by atoms with Crippen molar-refractivity contribution in [3.05, 3.63) is 48.1 Å². The van der Waals surface area contributed by atoms with Crippen LogP contribution in [0.5, 0.6) is 0 Å². The second kappa shape index (κ2) is 3.17. The van der Waals surface area contributed by atoms with Gasteiger partial charge in [0, 0.05) is 17.4 Å². The molecule has 1 heteroatoms. The number of carbonyl (C=O) groups is 1. The zero-order valence-corrected chi connectivity index (χ0v) is 7.60. The maximum atomic E-state index is 11.3. The molecular weight excluding hydrogens is 160 g/mol. The van der Waals surface area contributed by atoms with E-state index in [1.807, 2.05) is 24.3 Å². The predicted octanol–water partition coefficient (Wildman–Crippen LogP) is 2.43. The molecule has 13 heavy (non-hydrogen) atoms. The van der Waals surface area contributed by atoms with E-state index in [1.165, 1.54) is 0 Å². The summed E-state index contributed by atoms with van der Waals surface area (Å²) in [6, 6.07) is 0. The van der Waals surface area contributed by atoms with E-state index in [1.54, 1.807) is 6.92 Å². The van der Waals surface area contributed by atoms with E-state index in [0.717, 1.165) is 5.57 Å². The van der Waals surface area contributed by atoms with Crippen LogP contribution in [0, 0.1) is 11.8 Å². The van der Waals surface area contributed by atoms with Crippen LogP contribution in [-0.2, 0) is 4.79 Å². The second-order valence-electron chi connectivity index (χ2n) is 3.44. The number of hydrogen-bond donors (Lipinski definition) is 0. The van der Waals surface area contributed by atoms with Crippen LogP contribution in [0.2, 0.25) is 0 Å². The van der Waals surface area contributed by atoms with Crippen LogP contribution >= 0.6 is 0 Å². The van der Waals surface area contributed by atoms with Gasteiger partial charge < -0.3 is 0 Å². The van der Waals surface area contributed by atoms with Gasteiger partial charge in [0.2, 0.25) is 0 Å². The van der Waals surface area contributed by atoms with Crippen LogP contribution in [-0.4, -0.2) is 5.78 Å². The summed E-state index contributed by atoms with van der Waals surface area (Å²) < 4.78 is 0. The van der Waals surface area contributed by atoms with Crippen molar-refractivity contribution < 1.29 is 4.79 Å². The van der Waals surface area contributed by atoms with Crippen molar-refractivity contribution in [2.75, 3.05) is 0 Å². The number of ketones is 1. The molecule has 0 radical (unpaired) electrons. The van der Waals surface area contributed by atoms with Crippen LogP contribution in [0.25, 0.3) is 0 Å². The summed E-state index contributed by atoms with van der Waals surface area (Å²) in [6.07, 6.45) is 14.3. The Balaban J connectivity index is 2.35. The monoisotopic (exact) mass is 172 g/mol. The molecule has 1 nitrogen and oxygen atoms in total. The largest absolute Gasteiger partial charge is 0.295 e. The highest BCUT2D eigenvalue weighted by Gasteiger charge is 2.24. The van der Waals surface area contributed by atoms with Crippen molar-refractivity contribution in [1.29, 1.82) is 0 Å². The Kier molecular flexibility index (Phi) is 2.01. The first kappa shape index (κ1) is 8.24. The Morgan fingerprint density at radius 3 is 2.62 bits per heavy atom. The lowest BCUT2D eigenvalue weighted by Crippen LogP contribution is -2.19. The van der Waals surface area contributed by atoms with Gasteiger partial charge in [-0.25, -0.2) is 0 Å². The number of fused-ring (bicyclic) bond motifs is 1. The molecule has 0 saturated carbocycles. The van der Waals surface area contributed by atoms with E-state index < -0.39 is 0 Å². The van der Waals surface area contributed by atoms with Gasteiger partial charge in [-0.3, -0.25) is 4.79 Å². The van der Waals surface area contributed by atoms with Gasteiger partial charge in [-0.1, -0.05) is 42.5 Å². The third-order valence-electron chi connectivity index (χ3n) is 2.55. The van der Waals surface area contributed by atoms with Crippen LogP contribution in [0.4, 0.5) is 0 Å². The molecule has 66 valence electrons. The van der Waals surface area contributed by atoms with Crippen molar-refractivity contribution >= 4 is 5.78 Å². The van der Waals surface area contributed by atoms with E-state index >= 15 is 0 Å². The number of allylic oxidation sites excluding steroid dienone is 8. The summed E-state index contributed by atoms with van der Waals surface area (Å²) in [5.41, 5.74) is 0.924. The van der Waals surface area contributed by atoms with Gasteiger partial charge >= 0.3 is 0 Å². The van der Waals surface area contributed by atoms with Gasteiger partial charge in [-0.15, -0.1) is 0 Å². The summed E-state index contributed by atoms with van der Waals surface area (Å²) in [5, 5.41) is 0. The van der Waals surface area contributed by atoms with E-state index in [2.05, 4.69) is 18.2 Å². The van der Waals surface area contributed by atoms with Crippen molar-refractivity contribution in [2.45, 2.75) is 6.92 Å². The van der Waals surface area contributed by atoms with Crippen LogP contribution < -0.4 is 0 Å². The van der Waals surface area contributed by atoms with Crippen molar-refractivity contribution in [3.8, 4) is 0 Å². The first-order valence-electron chi connectivity index (χ1n) is 4.53. The van der Waals surface area contributed by atoms with Crippen LogP contribution in [0.1, 0.15) is 6.92 Å². The average Bonchev–Trinajstić information content (AvgIpc) is 2.17. The molecule has 0 amide bonds. The normalized spacial score (nSPS) is 29.8. The van der Waals surface area contributed by atoms with E-state index in [0.29, 0.717) is 5.92 Å². The maximum absolute atomic E-state index is 11.3. The molecule has 0 spiro atoms. The molecule has 0 bridgehead atoms. The van der Waals surface area contributed by atoms with Gasteiger partial charge in [0.15, 0.2) is 5.78 Å². The topological polar surface area (TPSA) is 17.1 Å². The molecule has 0 aliphatic heterocycles. The minimum absolute atomic E-state index is 0.180. The van der Waals surface area contributed by atoms with Crippen molar-refractivity contribution in [3.63, 3.8) is 0 Å². The van der Waals surface area contributed by atoms with E-state index in [-0.39, 0.29) is 11.7 Å². The first-order chi connectivity index (χ1) is 6.29. The Bertz CT molecular complexity index is 342. The molecule has 0 heterocycles. The molecule has 0 N–H and O–H groups in total. The standard InChI is InChI=1S/C12H12O/c1-9(13)11-8-4-6-10-5-2-3-7-12(10)11/h2-8,10,12H,1H3. The highest BCUT2D eigenvalue weighted by Crippen LogP contribution is 2.31. The number of Topliss-reactive ketones (excluding diaryl/α,β-unsaturated/α-hetero) is 1. The summed E-state index contributed by atoms with van der Waals surface area (Å²) in [4.78, 5) is 11.3. The minimum Gasteiger partial charge on any atom is -0.295 e. The zero-order chi connectivity index (χ0) is 9.26. The Labute approximate surface area is 78.1 Å². The molecule has 0 aromatic rings. The molecule has 2 aliphatic carbocycles. The molecular formula is C12H12O. The molecule has 0 fully saturated rings. The van der Waals surface area contributed by atoms with E-state index in [9.17, 15) is 4.79 Å². The molecule has 2 atom stereocenters. The van der Waals surface area contributed by atoms with Crippen LogP contribution in [0.15, 0.2) is 48.1 Å². The Morgan fingerprint density at radius 2 is 1.85 bits per heavy atom. The summed E-state index contributed by atoms with van der Waals surface area (Å²) in [6.45, 7) is 1.63. The molecule has 2 rings (SSSR count). The fraction of sp³-hybridized carbons (Fsp3) is 0.250. The SMILES string of the molecule is CC(=O)C1=CC=CC2C=CC=CC12. The summed E-state index contributed by atoms with van der Waals surface area (Å²) >= 11 is 0. The molecule has 2 unspecified atom stereocenters. The molecule has 2 aliphatic rings. The predicted molar refractivity (Wildman–Crippen MR) is 53.2 cm³/mol. The smallest absolute Gasteiger partial charge is 0.156 e. The second-order valence-corrected chi connectivity index (χ2v) is 3.44. The minimum atomic E-state index is 0.180. The lowest BCUT2D eigenvalue weighted by Gasteiger charge is -2.25. The Hall–Kier alpha value is -1.37. The lowest BCUT2D eigenvalue weighted by atomic mass is 9.78. The quantitative estimate of drug-likeness (QED) is 0.593. The van der Waals surface area contributed by atoms with Crippen molar-refractivity contribution in [2.24, 2.45) is 11.8 Å². The fourth-order valence-electron chi connectivity index (χ4n) is 1.87. The highest BCUT2D eigenvalue weighted by molar-refractivity contribution is 5.95. The number of rotatable bonds is 1. The van der Waals surface area contributed by atoms with Gasteiger partial charge in [0.1, 0.15) is 0 Å². The molecule has 0 saturated heterocycles. The Morgan fingerprint density at radius 1 is 1.15 bits per heavy atom. The van der Waals surface area contributed by atoms with Gasteiger partial charge in [-0.05, 0) is 6.92 Å². The average molecular weight is 172 g/mol. The molecule has 0 aromatic carbocycles. The maximum Gasteiger partial charge on any atom is 0.156 e. The summed E-state index contributed by atoms with van der Waals surface area (Å²) in [7, 11) is 0. The van der Waals surface area contributed by atoms with Gasteiger partial charge in [0.05, 0.1) is 0 Å². The highest BCUT2D eigenvalue weighted by atomic mass is 16.1. The van der Waals surface area contributed by atoms with E-state index in [4.69, 9.17) is 0 Å². The molecule has 0 aromatic heterocycles. The van der Waals surface area contributed by atoms with Gasteiger partial charge in [-0.2, -0.15) is 0 Å².